The molecular weight excluding hydrogens is 558 g/mol. The van der Waals surface area contributed by atoms with Gasteiger partial charge in [-0.05, 0) is 92.7 Å². The van der Waals surface area contributed by atoms with E-state index in [1.807, 2.05) is 12.1 Å². The maximum Gasteiger partial charge on any atom is 0.135 e. The number of fused-ring (bicyclic) bond motifs is 3. The molecule has 0 saturated heterocycles. The van der Waals surface area contributed by atoms with Gasteiger partial charge in [-0.3, -0.25) is 0 Å². The minimum Gasteiger partial charge on any atom is -0.456 e. The minimum absolute atomic E-state index is 0.918. The average molecular weight is 586 g/mol. The Hall–Kier alpha value is -6.12. The van der Waals surface area contributed by atoms with Crippen LogP contribution in [0.3, 0.4) is 0 Å². The molecule has 2 heterocycles. The zero-order valence-corrected chi connectivity index (χ0v) is 24.9. The van der Waals surface area contributed by atoms with Crippen molar-refractivity contribution >= 4 is 54.5 Å². The van der Waals surface area contributed by atoms with Crippen molar-refractivity contribution in [3.05, 3.63) is 164 Å². The molecular formula is C44H27NO. The van der Waals surface area contributed by atoms with E-state index in [2.05, 4.69) is 156 Å². The maximum absolute atomic E-state index is 6.16. The Labute approximate surface area is 265 Å². The van der Waals surface area contributed by atoms with E-state index in [0.717, 1.165) is 27.6 Å². The van der Waals surface area contributed by atoms with E-state index < -0.39 is 0 Å². The molecule has 0 atom stereocenters. The largest absolute Gasteiger partial charge is 0.456 e. The lowest BCUT2D eigenvalue weighted by atomic mass is 9.94. The zero-order valence-electron chi connectivity index (χ0n) is 24.9. The Morgan fingerprint density at radius 3 is 1.85 bits per heavy atom. The van der Waals surface area contributed by atoms with Crippen LogP contribution in [0.25, 0.3) is 93.6 Å². The molecule has 2 aromatic heterocycles. The number of rotatable bonds is 4. The summed E-state index contributed by atoms with van der Waals surface area (Å²) in [5.74, 6) is 0. The number of benzene rings is 8. The summed E-state index contributed by atoms with van der Waals surface area (Å²) >= 11 is 0. The minimum atomic E-state index is 0.918. The van der Waals surface area contributed by atoms with Crippen LogP contribution < -0.4 is 0 Å². The van der Waals surface area contributed by atoms with Gasteiger partial charge in [-0.15, -0.1) is 0 Å². The summed E-state index contributed by atoms with van der Waals surface area (Å²) in [5.41, 5.74) is 12.7. The lowest BCUT2D eigenvalue weighted by Gasteiger charge is -2.14. The highest BCUT2D eigenvalue weighted by Crippen LogP contribution is 2.44. The highest BCUT2D eigenvalue weighted by atomic mass is 16.3. The highest BCUT2D eigenvalue weighted by molar-refractivity contribution is 6.26. The first-order chi connectivity index (χ1) is 22.8. The molecule has 0 radical (unpaired) electrons. The monoisotopic (exact) mass is 585 g/mol. The summed E-state index contributed by atoms with van der Waals surface area (Å²) in [7, 11) is 0. The second kappa shape index (κ2) is 9.69. The van der Waals surface area contributed by atoms with Crippen LogP contribution >= 0.6 is 0 Å². The van der Waals surface area contributed by atoms with Gasteiger partial charge >= 0.3 is 0 Å². The van der Waals surface area contributed by atoms with Crippen molar-refractivity contribution in [1.82, 2.24) is 4.57 Å². The van der Waals surface area contributed by atoms with E-state index in [-0.39, 0.29) is 0 Å². The van der Waals surface area contributed by atoms with Gasteiger partial charge < -0.3 is 8.98 Å². The van der Waals surface area contributed by atoms with Crippen LogP contribution in [0.4, 0.5) is 0 Å². The van der Waals surface area contributed by atoms with E-state index in [4.69, 9.17) is 4.42 Å². The van der Waals surface area contributed by atoms with Crippen molar-refractivity contribution in [2.75, 3.05) is 0 Å². The Kier molecular flexibility index (Phi) is 5.31. The van der Waals surface area contributed by atoms with Gasteiger partial charge in [0.1, 0.15) is 11.2 Å². The van der Waals surface area contributed by atoms with E-state index in [1.54, 1.807) is 0 Å². The van der Waals surface area contributed by atoms with E-state index in [0.29, 0.717) is 0 Å². The Morgan fingerprint density at radius 1 is 0.370 bits per heavy atom. The lowest BCUT2D eigenvalue weighted by Crippen LogP contribution is -1.96. The highest BCUT2D eigenvalue weighted by Gasteiger charge is 2.20. The Balaban J connectivity index is 1.25. The molecule has 0 aliphatic heterocycles. The first-order valence-electron chi connectivity index (χ1n) is 15.8. The summed E-state index contributed by atoms with van der Waals surface area (Å²) in [4.78, 5) is 0. The third-order valence-electron chi connectivity index (χ3n) is 9.54. The fourth-order valence-corrected chi connectivity index (χ4v) is 7.45. The summed E-state index contributed by atoms with van der Waals surface area (Å²) < 4.78 is 8.61. The molecule has 46 heavy (non-hydrogen) atoms. The van der Waals surface area contributed by atoms with Crippen molar-refractivity contribution in [3.63, 3.8) is 0 Å². The van der Waals surface area contributed by atoms with E-state index in [9.17, 15) is 0 Å². The smallest absolute Gasteiger partial charge is 0.135 e. The summed E-state index contributed by atoms with van der Waals surface area (Å²) in [6, 6.07) is 59.1. The Bertz CT molecular complexity index is 2670. The van der Waals surface area contributed by atoms with Crippen molar-refractivity contribution in [3.8, 4) is 39.1 Å². The first-order valence-corrected chi connectivity index (χ1v) is 15.8. The molecule has 214 valence electrons. The number of para-hydroxylation sites is 1. The molecule has 10 aromatic rings. The fraction of sp³-hybridized carbons (Fsp3) is 0. The summed E-state index contributed by atoms with van der Waals surface area (Å²) in [5, 5.41) is 7.41. The third-order valence-corrected chi connectivity index (χ3v) is 9.54. The normalized spacial score (nSPS) is 11.9. The third kappa shape index (κ3) is 3.71. The fourth-order valence-electron chi connectivity index (χ4n) is 7.45. The molecule has 0 aliphatic carbocycles. The molecule has 2 nitrogen and oxygen atoms in total. The second-order valence-electron chi connectivity index (χ2n) is 12.1. The van der Waals surface area contributed by atoms with Crippen LogP contribution in [0.15, 0.2) is 168 Å². The molecule has 0 spiro atoms. The molecule has 0 unspecified atom stereocenters. The maximum atomic E-state index is 6.16. The van der Waals surface area contributed by atoms with Crippen LogP contribution in [-0.2, 0) is 0 Å². The number of aromatic nitrogens is 1. The van der Waals surface area contributed by atoms with Gasteiger partial charge in [0.05, 0.1) is 11.0 Å². The summed E-state index contributed by atoms with van der Waals surface area (Å²) in [6.45, 7) is 0. The first kappa shape index (κ1) is 25.2. The number of hydrogen-bond acceptors (Lipinski definition) is 1. The SMILES string of the molecule is c1ccc(-c2cc(-c3ccccc3)cc(-n3c4cccc5ccc6c(-c7ccc8oc9ccccc9c8c7)ccc3c6c54)c2)cc1. The van der Waals surface area contributed by atoms with Gasteiger partial charge in [-0.2, -0.15) is 0 Å². The van der Waals surface area contributed by atoms with Crippen LogP contribution in [0.1, 0.15) is 0 Å². The number of hydrogen-bond donors (Lipinski definition) is 0. The van der Waals surface area contributed by atoms with Crippen LogP contribution in [0.5, 0.6) is 0 Å². The lowest BCUT2D eigenvalue weighted by molar-refractivity contribution is 0.669. The van der Waals surface area contributed by atoms with Gasteiger partial charge in [0.25, 0.3) is 0 Å². The number of furan rings is 1. The number of nitrogens with zero attached hydrogens (tertiary/aromatic N) is 1. The molecule has 0 aliphatic rings. The molecule has 0 amide bonds. The van der Waals surface area contributed by atoms with Crippen LogP contribution in [-0.4, -0.2) is 4.57 Å². The zero-order chi connectivity index (χ0) is 30.2. The standard InChI is InChI=1S/C44H27NO/c1-3-10-28(11-4-1)32-24-33(29-12-5-2-6-13-29)26-34(25-32)45-39-16-9-14-30-18-20-37-35(21-22-40(45)44(37)43(30)39)31-19-23-42-38(27-31)36-15-7-8-17-41(36)46-42/h1-27H. The Morgan fingerprint density at radius 2 is 1.07 bits per heavy atom. The van der Waals surface area contributed by atoms with Crippen molar-refractivity contribution in [1.29, 1.82) is 0 Å². The van der Waals surface area contributed by atoms with E-state index >= 15 is 0 Å². The van der Waals surface area contributed by atoms with Gasteiger partial charge in [-0.1, -0.05) is 115 Å². The molecule has 0 saturated carbocycles. The molecule has 10 rings (SSSR count). The van der Waals surface area contributed by atoms with Crippen LogP contribution in [0.2, 0.25) is 0 Å². The molecule has 8 aromatic carbocycles. The quantitative estimate of drug-likeness (QED) is 0.188. The predicted molar refractivity (Wildman–Crippen MR) is 193 cm³/mol. The van der Waals surface area contributed by atoms with Gasteiger partial charge in [0.15, 0.2) is 0 Å². The van der Waals surface area contributed by atoms with Crippen LogP contribution in [0, 0.1) is 0 Å². The van der Waals surface area contributed by atoms with Crippen molar-refractivity contribution in [2.45, 2.75) is 0 Å². The predicted octanol–water partition coefficient (Wildman–Crippen LogP) is 12.3. The van der Waals surface area contributed by atoms with Gasteiger partial charge in [0, 0.05) is 27.2 Å². The van der Waals surface area contributed by atoms with E-state index in [1.165, 1.54) is 66.0 Å². The molecule has 0 bridgehead atoms. The van der Waals surface area contributed by atoms with Crippen molar-refractivity contribution < 1.29 is 4.42 Å². The topological polar surface area (TPSA) is 18.1 Å². The molecule has 2 heteroatoms. The average Bonchev–Trinajstić information content (AvgIpc) is 3.67. The van der Waals surface area contributed by atoms with Gasteiger partial charge in [0.2, 0.25) is 0 Å². The molecule has 0 N–H and O–H groups in total. The molecule has 0 fully saturated rings. The van der Waals surface area contributed by atoms with Gasteiger partial charge in [-0.25, -0.2) is 0 Å². The summed E-state index contributed by atoms with van der Waals surface area (Å²) in [6.07, 6.45) is 0. The van der Waals surface area contributed by atoms with Crippen molar-refractivity contribution in [2.24, 2.45) is 0 Å². The second-order valence-corrected chi connectivity index (χ2v) is 12.1.